The van der Waals surface area contributed by atoms with E-state index in [1.54, 1.807) is 12.1 Å². The van der Waals surface area contributed by atoms with Gasteiger partial charge in [0, 0.05) is 24.6 Å². The number of hydrogen-bond donors (Lipinski definition) is 2. The van der Waals surface area contributed by atoms with E-state index in [0.717, 1.165) is 23.3 Å². The van der Waals surface area contributed by atoms with Crippen molar-refractivity contribution in [2.75, 3.05) is 11.9 Å². The Balaban J connectivity index is 1.35. The quantitative estimate of drug-likeness (QED) is 0.754. The highest BCUT2D eigenvalue weighted by molar-refractivity contribution is 6.06. The molecule has 1 fully saturated rings. The standard InChI is InChI=1S/C24H26N4O4/c1-16-14-21(29)26-27-22(16)18-9-11-19(12-10-18)25-23(30)20-8-5-13-28(20)24(31)32-15-17-6-3-2-4-7-17/h2-4,6-7,9-12,16,20H,5,8,13-15H2,1H3,(H,25,30)(H,26,29)/t16?,20-/m0/s1. The van der Waals surface area contributed by atoms with Crippen LogP contribution in [-0.2, 0) is 20.9 Å². The molecule has 1 unspecified atom stereocenters. The van der Waals surface area contributed by atoms with Crippen LogP contribution in [0.5, 0.6) is 0 Å². The van der Waals surface area contributed by atoms with Gasteiger partial charge in [0.1, 0.15) is 12.6 Å². The van der Waals surface area contributed by atoms with Gasteiger partial charge in [-0.2, -0.15) is 5.10 Å². The predicted octanol–water partition coefficient (Wildman–Crippen LogP) is 3.29. The molecule has 0 aliphatic carbocycles. The van der Waals surface area contributed by atoms with E-state index >= 15 is 0 Å². The Kier molecular flexibility index (Phi) is 6.49. The number of carbonyl (C=O) groups is 3. The van der Waals surface area contributed by atoms with Gasteiger partial charge in [-0.1, -0.05) is 49.4 Å². The number of hydrogen-bond acceptors (Lipinski definition) is 5. The lowest BCUT2D eigenvalue weighted by atomic mass is 9.94. The van der Waals surface area contributed by atoms with Crippen molar-refractivity contribution in [3.05, 3.63) is 65.7 Å². The fourth-order valence-electron chi connectivity index (χ4n) is 4.01. The number of nitrogens with zero attached hydrogens (tertiary/aromatic N) is 2. The monoisotopic (exact) mass is 434 g/mol. The first-order valence-corrected chi connectivity index (χ1v) is 10.8. The van der Waals surface area contributed by atoms with Crippen LogP contribution in [-0.4, -0.2) is 41.1 Å². The Morgan fingerprint density at radius 1 is 1.16 bits per heavy atom. The van der Waals surface area contributed by atoms with E-state index in [4.69, 9.17) is 4.74 Å². The number of ether oxygens (including phenoxy) is 1. The van der Waals surface area contributed by atoms with Gasteiger partial charge in [0.05, 0.1) is 5.71 Å². The summed E-state index contributed by atoms with van der Waals surface area (Å²) in [5, 5.41) is 7.05. The number of anilines is 1. The summed E-state index contributed by atoms with van der Waals surface area (Å²) in [7, 11) is 0. The summed E-state index contributed by atoms with van der Waals surface area (Å²) < 4.78 is 5.41. The number of nitrogens with one attached hydrogen (secondary N) is 2. The zero-order chi connectivity index (χ0) is 22.5. The minimum Gasteiger partial charge on any atom is -0.445 e. The molecule has 0 spiro atoms. The van der Waals surface area contributed by atoms with Gasteiger partial charge in [-0.05, 0) is 36.1 Å². The normalized spacial score (nSPS) is 20.3. The Bertz CT molecular complexity index is 1020. The van der Waals surface area contributed by atoms with Crippen molar-refractivity contribution in [3.63, 3.8) is 0 Å². The molecular weight excluding hydrogens is 408 g/mol. The number of hydrazone groups is 1. The first-order chi connectivity index (χ1) is 15.5. The molecular formula is C24H26N4O4. The van der Waals surface area contributed by atoms with E-state index in [9.17, 15) is 14.4 Å². The van der Waals surface area contributed by atoms with Crippen LogP contribution >= 0.6 is 0 Å². The molecule has 2 aromatic rings. The van der Waals surface area contributed by atoms with Crippen LogP contribution in [0.15, 0.2) is 59.7 Å². The predicted molar refractivity (Wildman–Crippen MR) is 120 cm³/mol. The second kappa shape index (κ2) is 9.64. The minimum atomic E-state index is -0.559. The molecule has 0 aromatic heterocycles. The minimum absolute atomic E-state index is 0.0261. The summed E-state index contributed by atoms with van der Waals surface area (Å²) in [6.07, 6.45) is 1.27. The van der Waals surface area contributed by atoms with Crippen molar-refractivity contribution in [3.8, 4) is 0 Å². The van der Waals surface area contributed by atoms with Crippen molar-refractivity contribution < 1.29 is 19.1 Å². The van der Waals surface area contributed by atoms with Crippen LogP contribution in [0.1, 0.15) is 37.3 Å². The van der Waals surface area contributed by atoms with Gasteiger partial charge in [0.25, 0.3) is 0 Å². The lowest BCUT2D eigenvalue weighted by Crippen LogP contribution is -2.43. The van der Waals surface area contributed by atoms with Crippen LogP contribution < -0.4 is 10.7 Å². The Hall–Kier alpha value is -3.68. The summed E-state index contributed by atoms with van der Waals surface area (Å²) in [6.45, 7) is 2.63. The lowest BCUT2D eigenvalue weighted by molar-refractivity contribution is -0.122. The summed E-state index contributed by atoms with van der Waals surface area (Å²) in [5.41, 5.74) is 5.75. The molecule has 0 radical (unpaired) electrons. The highest BCUT2D eigenvalue weighted by Crippen LogP contribution is 2.22. The van der Waals surface area contributed by atoms with E-state index in [1.165, 1.54) is 4.90 Å². The van der Waals surface area contributed by atoms with Crippen molar-refractivity contribution in [2.45, 2.75) is 38.8 Å². The van der Waals surface area contributed by atoms with E-state index < -0.39 is 12.1 Å². The van der Waals surface area contributed by atoms with Crippen molar-refractivity contribution in [2.24, 2.45) is 11.0 Å². The van der Waals surface area contributed by atoms with Crippen LogP contribution in [0.3, 0.4) is 0 Å². The molecule has 3 amide bonds. The van der Waals surface area contributed by atoms with E-state index in [2.05, 4.69) is 15.8 Å². The molecule has 166 valence electrons. The number of likely N-dealkylation sites (tertiary alicyclic amines) is 1. The molecule has 2 heterocycles. The first kappa shape index (κ1) is 21.5. The zero-order valence-electron chi connectivity index (χ0n) is 17.9. The van der Waals surface area contributed by atoms with Gasteiger partial charge >= 0.3 is 6.09 Å². The maximum Gasteiger partial charge on any atom is 0.410 e. The number of amides is 3. The van der Waals surface area contributed by atoms with Gasteiger partial charge in [-0.3, -0.25) is 14.5 Å². The van der Waals surface area contributed by atoms with Gasteiger partial charge < -0.3 is 10.1 Å². The van der Waals surface area contributed by atoms with Crippen LogP contribution in [0.2, 0.25) is 0 Å². The highest BCUT2D eigenvalue weighted by atomic mass is 16.6. The first-order valence-electron chi connectivity index (χ1n) is 10.8. The molecule has 1 saturated heterocycles. The Morgan fingerprint density at radius 2 is 1.91 bits per heavy atom. The molecule has 2 aromatic carbocycles. The van der Waals surface area contributed by atoms with E-state index in [-0.39, 0.29) is 24.3 Å². The molecule has 0 saturated carbocycles. The van der Waals surface area contributed by atoms with Crippen LogP contribution in [0, 0.1) is 5.92 Å². The maximum atomic E-state index is 12.8. The molecule has 2 aliphatic heterocycles. The second-order valence-corrected chi connectivity index (χ2v) is 8.10. The fraction of sp³-hybridized carbons (Fsp3) is 0.333. The molecule has 8 heteroatoms. The molecule has 8 nitrogen and oxygen atoms in total. The van der Waals surface area contributed by atoms with Crippen LogP contribution in [0.25, 0.3) is 0 Å². The molecule has 2 atom stereocenters. The fourth-order valence-corrected chi connectivity index (χ4v) is 4.01. The maximum absolute atomic E-state index is 12.8. The zero-order valence-corrected chi connectivity index (χ0v) is 17.9. The second-order valence-electron chi connectivity index (χ2n) is 8.10. The Labute approximate surface area is 186 Å². The highest BCUT2D eigenvalue weighted by Gasteiger charge is 2.35. The Morgan fingerprint density at radius 3 is 2.62 bits per heavy atom. The summed E-state index contributed by atoms with van der Waals surface area (Å²) >= 11 is 0. The topological polar surface area (TPSA) is 100 Å². The van der Waals surface area contributed by atoms with Crippen molar-refractivity contribution >= 4 is 29.3 Å². The average molecular weight is 434 g/mol. The SMILES string of the molecule is CC1CC(=O)NN=C1c1ccc(NC(=O)[C@@H]2CCCN2C(=O)OCc2ccccc2)cc1. The van der Waals surface area contributed by atoms with Gasteiger partial charge in [0.2, 0.25) is 11.8 Å². The third-order valence-electron chi connectivity index (χ3n) is 5.70. The van der Waals surface area contributed by atoms with E-state index in [1.807, 2.05) is 49.4 Å². The van der Waals surface area contributed by atoms with Gasteiger partial charge in [-0.15, -0.1) is 0 Å². The van der Waals surface area contributed by atoms with Crippen molar-refractivity contribution in [1.82, 2.24) is 10.3 Å². The summed E-state index contributed by atoms with van der Waals surface area (Å²) in [6, 6.07) is 16.2. The summed E-state index contributed by atoms with van der Waals surface area (Å²) in [5.74, 6) is -0.297. The van der Waals surface area contributed by atoms with Crippen molar-refractivity contribution in [1.29, 1.82) is 0 Å². The number of benzene rings is 2. The molecule has 32 heavy (non-hydrogen) atoms. The molecule has 2 N–H and O–H groups in total. The molecule has 2 aliphatic rings. The smallest absolute Gasteiger partial charge is 0.410 e. The largest absolute Gasteiger partial charge is 0.445 e. The third-order valence-corrected chi connectivity index (χ3v) is 5.70. The van der Waals surface area contributed by atoms with Gasteiger partial charge in [-0.25, -0.2) is 10.2 Å². The van der Waals surface area contributed by atoms with Gasteiger partial charge in [0.15, 0.2) is 0 Å². The number of rotatable bonds is 5. The average Bonchev–Trinajstić information content (AvgIpc) is 3.29. The van der Waals surface area contributed by atoms with Crippen LogP contribution in [0.4, 0.5) is 10.5 Å². The van der Waals surface area contributed by atoms with E-state index in [0.29, 0.717) is 25.1 Å². The molecule has 4 rings (SSSR count). The lowest BCUT2D eigenvalue weighted by Gasteiger charge is -2.23. The molecule has 0 bridgehead atoms. The number of carbonyl (C=O) groups excluding carboxylic acids is 3. The summed E-state index contributed by atoms with van der Waals surface area (Å²) in [4.78, 5) is 38.3. The third kappa shape index (κ3) is 4.96.